The van der Waals surface area contributed by atoms with Gasteiger partial charge < -0.3 is 5.32 Å². The van der Waals surface area contributed by atoms with Gasteiger partial charge in [0.05, 0.1) is 5.51 Å². The van der Waals surface area contributed by atoms with Crippen LogP contribution in [-0.2, 0) is 6.42 Å². The Balaban J connectivity index is 2.18. The van der Waals surface area contributed by atoms with E-state index in [1.54, 1.807) is 11.3 Å². The van der Waals surface area contributed by atoms with Crippen LogP contribution in [0.25, 0.3) is 11.5 Å². The summed E-state index contributed by atoms with van der Waals surface area (Å²) in [6, 6.07) is 0.510. The fourth-order valence-corrected chi connectivity index (χ4v) is 2.56. The lowest BCUT2D eigenvalue weighted by Crippen LogP contribution is -2.25. The summed E-state index contributed by atoms with van der Waals surface area (Å²) in [6.45, 7) is 9.37. The highest BCUT2D eigenvalue weighted by Crippen LogP contribution is 2.18. The number of nitrogens with zero attached hydrogens (tertiary/aromatic N) is 3. The molecule has 0 aromatic carbocycles. The molecular weight excluding hydrogens is 256 g/mol. The molecule has 0 spiro atoms. The number of hydrogen-bond acceptors (Lipinski definition) is 5. The molecule has 0 bridgehead atoms. The first-order valence-electron chi connectivity index (χ1n) is 6.54. The lowest BCUT2D eigenvalue weighted by molar-refractivity contribution is 0.588. The fraction of sp³-hybridized carbons (Fsp3) is 0.500. The molecule has 2 heterocycles. The summed E-state index contributed by atoms with van der Waals surface area (Å²) in [7, 11) is 0. The molecule has 0 radical (unpaired) electrons. The third kappa shape index (κ3) is 3.58. The molecule has 102 valence electrons. The molecule has 0 aliphatic rings. The maximum Gasteiger partial charge on any atom is 0.179 e. The van der Waals surface area contributed by atoms with Gasteiger partial charge in [0.15, 0.2) is 5.82 Å². The highest BCUT2D eigenvalue weighted by Gasteiger charge is 2.11. The number of hydrogen-bond donors (Lipinski definition) is 1. The van der Waals surface area contributed by atoms with E-state index in [0.29, 0.717) is 6.04 Å². The van der Waals surface area contributed by atoms with Crippen molar-refractivity contribution in [3.05, 3.63) is 27.8 Å². The largest absolute Gasteiger partial charge is 0.314 e. The molecule has 5 heteroatoms. The number of aromatic nitrogens is 3. The Hall–Kier alpha value is -1.33. The molecule has 0 fully saturated rings. The molecule has 0 saturated carbocycles. The van der Waals surface area contributed by atoms with Crippen LogP contribution in [0.5, 0.6) is 0 Å². The molecule has 0 amide bonds. The first-order chi connectivity index (χ1) is 9.08. The van der Waals surface area contributed by atoms with Crippen molar-refractivity contribution in [2.24, 2.45) is 0 Å². The van der Waals surface area contributed by atoms with Crippen LogP contribution in [0, 0.1) is 13.8 Å². The summed E-state index contributed by atoms with van der Waals surface area (Å²) in [4.78, 5) is 13.4. The summed E-state index contributed by atoms with van der Waals surface area (Å²) < 4.78 is 0. The Kier molecular flexibility index (Phi) is 4.61. The smallest absolute Gasteiger partial charge is 0.179 e. The summed E-state index contributed by atoms with van der Waals surface area (Å²) in [5.41, 5.74) is 6.03. The average molecular weight is 276 g/mol. The van der Waals surface area contributed by atoms with Crippen LogP contribution >= 0.6 is 11.3 Å². The van der Waals surface area contributed by atoms with Crippen molar-refractivity contribution in [3.8, 4) is 11.5 Å². The van der Waals surface area contributed by atoms with Crippen molar-refractivity contribution in [1.29, 1.82) is 0 Å². The molecule has 1 N–H and O–H groups in total. The van der Waals surface area contributed by atoms with Gasteiger partial charge in [-0.2, -0.15) is 0 Å². The molecule has 19 heavy (non-hydrogen) atoms. The maximum atomic E-state index is 4.58. The molecule has 2 aromatic rings. The summed E-state index contributed by atoms with van der Waals surface area (Å²) in [5.74, 6) is 0.733. The van der Waals surface area contributed by atoms with Gasteiger partial charge in [-0.3, -0.25) is 0 Å². The van der Waals surface area contributed by atoms with Crippen molar-refractivity contribution in [3.63, 3.8) is 0 Å². The molecule has 4 nitrogen and oxygen atoms in total. The summed E-state index contributed by atoms with van der Waals surface area (Å²) >= 11 is 1.57. The minimum absolute atomic E-state index is 0.510. The SMILES string of the molecule is Cc1nc(-c2cscn2)nc(C)c1CCNC(C)C. The molecule has 0 saturated heterocycles. The Morgan fingerprint density at radius 2 is 1.89 bits per heavy atom. The Morgan fingerprint density at radius 3 is 2.42 bits per heavy atom. The molecule has 2 aromatic heterocycles. The van der Waals surface area contributed by atoms with Gasteiger partial charge in [0.2, 0.25) is 0 Å². The molecular formula is C14H20N4S. The lowest BCUT2D eigenvalue weighted by atomic mass is 10.1. The van der Waals surface area contributed by atoms with Crippen molar-refractivity contribution < 1.29 is 0 Å². The lowest BCUT2D eigenvalue weighted by Gasteiger charge is -2.12. The van der Waals surface area contributed by atoms with Crippen LogP contribution in [-0.4, -0.2) is 27.5 Å². The monoisotopic (exact) mass is 276 g/mol. The van der Waals surface area contributed by atoms with Crippen molar-refractivity contribution >= 4 is 11.3 Å². The third-order valence-electron chi connectivity index (χ3n) is 3.01. The summed E-state index contributed by atoms with van der Waals surface area (Å²) in [6.07, 6.45) is 0.965. The second-order valence-corrected chi connectivity index (χ2v) is 5.65. The van der Waals surface area contributed by atoms with Crippen molar-refractivity contribution in [2.45, 2.75) is 40.2 Å². The first-order valence-corrected chi connectivity index (χ1v) is 7.48. The minimum atomic E-state index is 0.510. The van der Waals surface area contributed by atoms with E-state index in [1.807, 2.05) is 10.9 Å². The second kappa shape index (κ2) is 6.21. The second-order valence-electron chi connectivity index (χ2n) is 4.93. The highest BCUT2D eigenvalue weighted by molar-refractivity contribution is 7.07. The number of rotatable bonds is 5. The van der Waals surface area contributed by atoms with E-state index in [9.17, 15) is 0 Å². The molecule has 0 aliphatic heterocycles. The third-order valence-corrected chi connectivity index (χ3v) is 3.60. The topological polar surface area (TPSA) is 50.7 Å². The Morgan fingerprint density at radius 1 is 1.21 bits per heavy atom. The van der Waals surface area contributed by atoms with Gasteiger partial charge in [0.25, 0.3) is 0 Å². The molecule has 0 unspecified atom stereocenters. The van der Waals surface area contributed by atoms with Gasteiger partial charge in [-0.05, 0) is 32.4 Å². The van der Waals surface area contributed by atoms with Crippen LogP contribution < -0.4 is 5.32 Å². The van der Waals surface area contributed by atoms with Crippen LogP contribution in [0.3, 0.4) is 0 Å². The molecule has 0 atom stereocenters. The van der Waals surface area contributed by atoms with Gasteiger partial charge in [0, 0.05) is 22.8 Å². The zero-order valence-corrected chi connectivity index (χ0v) is 12.7. The van der Waals surface area contributed by atoms with Crippen LogP contribution in [0.15, 0.2) is 10.9 Å². The minimum Gasteiger partial charge on any atom is -0.314 e. The number of thiazole rings is 1. The summed E-state index contributed by atoms with van der Waals surface area (Å²) in [5, 5.41) is 5.40. The first kappa shape index (κ1) is 14.1. The van der Waals surface area contributed by atoms with E-state index in [0.717, 1.165) is 35.9 Å². The van der Waals surface area contributed by atoms with Gasteiger partial charge in [-0.1, -0.05) is 13.8 Å². The van der Waals surface area contributed by atoms with E-state index in [2.05, 4.69) is 48.0 Å². The van der Waals surface area contributed by atoms with Crippen LogP contribution in [0.4, 0.5) is 0 Å². The quantitative estimate of drug-likeness (QED) is 0.912. The van der Waals surface area contributed by atoms with E-state index < -0.39 is 0 Å². The Bertz CT molecular complexity index is 511. The standard InChI is InChI=1S/C14H20N4S/c1-9(2)15-6-5-12-10(3)17-14(18-11(12)4)13-7-19-8-16-13/h7-9,15H,5-6H2,1-4H3. The average Bonchev–Trinajstić information content (AvgIpc) is 2.85. The normalized spacial score (nSPS) is 11.2. The molecule has 2 rings (SSSR count). The number of aryl methyl sites for hydroxylation is 2. The highest BCUT2D eigenvalue weighted by atomic mass is 32.1. The van der Waals surface area contributed by atoms with Gasteiger partial charge in [-0.25, -0.2) is 15.0 Å². The zero-order valence-electron chi connectivity index (χ0n) is 11.9. The zero-order chi connectivity index (χ0) is 13.8. The van der Waals surface area contributed by atoms with E-state index in [4.69, 9.17) is 0 Å². The molecule has 0 aliphatic carbocycles. The van der Waals surface area contributed by atoms with Gasteiger partial charge in [-0.15, -0.1) is 11.3 Å². The predicted octanol–water partition coefficient (Wildman–Crippen LogP) is 2.76. The Labute approximate surface area is 118 Å². The maximum absolute atomic E-state index is 4.58. The van der Waals surface area contributed by atoms with Crippen molar-refractivity contribution in [2.75, 3.05) is 6.54 Å². The van der Waals surface area contributed by atoms with E-state index in [1.165, 1.54) is 5.56 Å². The van der Waals surface area contributed by atoms with Gasteiger partial charge >= 0.3 is 0 Å². The predicted molar refractivity (Wildman–Crippen MR) is 79.5 cm³/mol. The van der Waals surface area contributed by atoms with Crippen LogP contribution in [0.2, 0.25) is 0 Å². The van der Waals surface area contributed by atoms with E-state index in [-0.39, 0.29) is 0 Å². The van der Waals surface area contributed by atoms with E-state index >= 15 is 0 Å². The number of nitrogens with one attached hydrogen (secondary N) is 1. The fourth-order valence-electron chi connectivity index (χ4n) is 2.02. The van der Waals surface area contributed by atoms with Gasteiger partial charge in [0.1, 0.15) is 5.69 Å². The van der Waals surface area contributed by atoms with Crippen LogP contribution in [0.1, 0.15) is 30.8 Å². The van der Waals surface area contributed by atoms with Crippen molar-refractivity contribution in [1.82, 2.24) is 20.3 Å².